The lowest BCUT2D eigenvalue weighted by Gasteiger charge is -2.30. The summed E-state index contributed by atoms with van der Waals surface area (Å²) in [4.78, 5) is 36.6. The number of methoxy groups -OCH3 is 1. The van der Waals surface area contributed by atoms with Gasteiger partial charge >= 0.3 is 11.9 Å². The standard InChI is InChI=1S/C24H23ClN2O7/c1-14-20(23(28)32-3)22(16-7-6-8-17(13-16)27(30)31)21(15(2)26-14)24(29)34-12-11-33-19-10-5-4-9-18(19)25/h4-10,13,22,26H,11-12H2,1-3H3. The molecule has 0 saturated heterocycles. The zero-order valence-electron chi connectivity index (χ0n) is 18.8. The van der Waals surface area contributed by atoms with Crippen LogP contribution in [0.3, 0.4) is 0 Å². The number of allylic oxidation sites excluding steroid dienone is 2. The molecule has 2 aromatic carbocycles. The van der Waals surface area contributed by atoms with Crippen molar-refractivity contribution in [3.8, 4) is 5.75 Å². The van der Waals surface area contributed by atoms with Crippen molar-refractivity contribution in [1.82, 2.24) is 5.32 Å². The number of nitrogens with zero attached hydrogens (tertiary/aromatic N) is 1. The van der Waals surface area contributed by atoms with Gasteiger partial charge in [0, 0.05) is 23.5 Å². The Morgan fingerprint density at radius 1 is 1.03 bits per heavy atom. The van der Waals surface area contributed by atoms with Gasteiger partial charge in [0.05, 0.1) is 34.1 Å². The zero-order chi connectivity index (χ0) is 24.8. The highest BCUT2D eigenvalue weighted by Crippen LogP contribution is 2.40. The largest absolute Gasteiger partial charge is 0.488 e. The van der Waals surface area contributed by atoms with E-state index in [4.69, 9.17) is 25.8 Å². The molecular formula is C24H23ClN2O7. The maximum atomic E-state index is 13.1. The van der Waals surface area contributed by atoms with Crippen molar-refractivity contribution in [3.05, 3.63) is 91.8 Å². The van der Waals surface area contributed by atoms with Gasteiger partial charge in [0.25, 0.3) is 5.69 Å². The van der Waals surface area contributed by atoms with Crippen LogP contribution in [0.2, 0.25) is 5.02 Å². The van der Waals surface area contributed by atoms with Crippen molar-refractivity contribution >= 4 is 29.2 Å². The average Bonchev–Trinajstić information content (AvgIpc) is 2.81. The number of para-hydroxylation sites is 1. The number of nitro groups is 1. The smallest absolute Gasteiger partial charge is 0.336 e. The summed E-state index contributed by atoms with van der Waals surface area (Å²) in [5.74, 6) is -1.83. The molecule has 1 aliphatic rings. The van der Waals surface area contributed by atoms with Crippen LogP contribution in [0.15, 0.2) is 71.1 Å². The van der Waals surface area contributed by atoms with E-state index in [1.165, 1.54) is 25.3 Å². The van der Waals surface area contributed by atoms with Crippen molar-refractivity contribution in [3.63, 3.8) is 0 Å². The Bertz CT molecular complexity index is 1190. The number of ether oxygens (including phenoxy) is 3. The first kappa shape index (κ1) is 24.8. The normalized spacial score (nSPS) is 15.5. The quantitative estimate of drug-likeness (QED) is 0.254. The molecule has 0 fully saturated rings. The Balaban J connectivity index is 1.88. The van der Waals surface area contributed by atoms with Gasteiger partial charge in [-0.1, -0.05) is 35.9 Å². The van der Waals surface area contributed by atoms with E-state index in [0.29, 0.717) is 27.7 Å². The van der Waals surface area contributed by atoms with E-state index in [2.05, 4.69) is 5.32 Å². The molecule has 0 amide bonds. The fourth-order valence-electron chi connectivity index (χ4n) is 3.72. The van der Waals surface area contributed by atoms with Gasteiger partial charge in [-0.05, 0) is 31.5 Å². The van der Waals surface area contributed by atoms with Crippen LogP contribution >= 0.6 is 11.6 Å². The number of carbonyl (C=O) groups is 2. The number of non-ortho nitro benzene ring substituents is 1. The van der Waals surface area contributed by atoms with Crippen LogP contribution in [0.5, 0.6) is 5.75 Å². The molecule has 178 valence electrons. The summed E-state index contributed by atoms with van der Waals surface area (Å²) in [5.41, 5.74) is 1.45. The number of esters is 2. The number of carbonyl (C=O) groups excluding carboxylic acids is 2. The monoisotopic (exact) mass is 486 g/mol. The molecule has 1 unspecified atom stereocenters. The van der Waals surface area contributed by atoms with Gasteiger partial charge in [0.1, 0.15) is 19.0 Å². The lowest BCUT2D eigenvalue weighted by atomic mass is 9.80. The van der Waals surface area contributed by atoms with Crippen LogP contribution in [0.4, 0.5) is 5.69 Å². The first-order chi connectivity index (χ1) is 16.2. The highest BCUT2D eigenvalue weighted by atomic mass is 35.5. The fraction of sp³-hybridized carbons (Fsp3) is 0.250. The molecule has 1 aliphatic heterocycles. The summed E-state index contributed by atoms with van der Waals surface area (Å²) in [6.07, 6.45) is 0. The minimum atomic E-state index is -0.925. The highest BCUT2D eigenvalue weighted by molar-refractivity contribution is 6.32. The summed E-state index contributed by atoms with van der Waals surface area (Å²) in [5, 5.41) is 14.8. The van der Waals surface area contributed by atoms with Crippen LogP contribution in [0.1, 0.15) is 25.3 Å². The molecule has 34 heavy (non-hydrogen) atoms. The van der Waals surface area contributed by atoms with Crippen molar-refractivity contribution in [2.24, 2.45) is 0 Å². The number of nitrogens with one attached hydrogen (secondary N) is 1. The van der Waals surface area contributed by atoms with Crippen molar-refractivity contribution in [2.75, 3.05) is 20.3 Å². The van der Waals surface area contributed by atoms with E-state index in [9.17, 15) is 19.7 Å². The topological polar surface area (TPSA) is 117 Å². The number of nitro benzene ring substituents is 1. The first-order valence-corrected chi connectivity index (χ1v) is 10.7. The Kier molecular flexibility index (Phi) is 7.91. The summed E-state index contributed by atoms with van der Waals surface area (Å²) in [7, 11) is 1.22. The zero-order valence-corrected chi connectivity index (χ0v) is 19.5. The van der Waals surface area contributed by atoms with E-state index in [-0.39, 0.29) is 30.0 Å². The Hall–Kier alpha value is -3.85. The van der Waals surface area contributed by atoms with Crippen LogP contribution < -0.4 is 10.1 Å². The maximum Gasteiger partial charge on any atom is 0.336 e. The third-order valence-electron chi connectivity index (χ3n) is 5.21. The third-order valence-corrected chi connectivity index (χ3v) is 5.52. The van der Waals surface area contributed by atoms with Gasteiger partial charge in [0.2, 0.25) is 0 Å². The molecule has 0 aliphatic carbocycles. The van der Waals surface area contributed by atoms with Crippen molar-refractivity contribution < 1.29 is 28.7 Å². The summed E-state index contributed by atoms with van der Waals surface area (Å²) < 4.78 is 15.9. The summed E-state index contributed by atoms with van der Waals surface area (Å²) in [6.45, 7) is 3.30. The van der Waals surface area contributed by atoms with Gasteiger partial charge in [-0.2, -0.15) is 0 Å². The molecule has 1 N–H and O–H groups in total. The van der Waals surface area contributed by atoms with E-state index >= 15 is 0 Å². The second kappa shape index (κ2) is 10.8. The second-order valence-electron chi connectivity index (χ2n) is 7.39. The summed E-state index contributed by atoms with van der Waals surface area (Å²) in [6, 6.07) is 12.7. The third kappa shape index (κ3) is 5.37. The van der Waals surface area contributed by atoms with Crippen LogP contribution in [-0.4, -0.2) is 37.2 Å². The summed E-state index contributed by atoms with van der Waals surface area (Å²) >= 11 is 6.06. The number of rotatable bonds is 8. The molecule has 0 bridgehead atoms. The van der Waals surface area contributed by atoms with Crippen LogP contribution in [-0.2, 0) is 19.1 Å². The minimum absolute atomic E-state index is 0.0510. The average molecular weight is 487 g/mol. The molecule has 0 spiro atoms. The van der Waals surface area contributed by atoms with E-state index in [1.54, 1.807) is 44.2 Å². The van der Waals surface area contributed by atoms with Crippen LogP contribution in [0.25, 0.3) is 0 Å². The van der Waals surface area contributed by atoms with Gasteiger partial charge in [-0.25, -0.2) is 9.59 Å². The molecule has 0 saturated carbocycles. The predicted molar refractivity (Wildman–Crippen MR) is 124 cm³/mol. The molecule has 3 rings (SSSR count). The van der Waals surface area contributed by atoms with Gasteiger partial charge in [-0.15, -0.1) is 0 Å². The lowest BCUT2D eigenvalue weighted by Crippen LogP contribution is -2.32. The lowest BCUT2D eigenvalue weighted by molar-refractivity contribution is -0.384. The Morgan fingerprint density at radius 2 is 1.71 bits per heavy atom. The van der Waals surface area contributed by atoms with Crippen molar-refractivity contribution in [1.29, 1.82) is 0 Å². The van der Waals surface area contributed by atoms with E-state index in [1.807, 2.05) is 0 Å². The number of benzene rings is 2. The fourth-order valence-corrected chi connectivity index (χ4v) is 3.91. The minimum Gasteiger partial charge on any atom is -0.488 e. The number of halogens is 1. The van der Waals surface area contributed by atoms with Crippen molar-refractivity contribution in [2.45, 2.75) is 19.8 Å². The molecule has 10 heteroatoms. The van der Waals surface area contributed by atoms with Gasteiger partial charge in [0.15, 0.2) is 0 Å². The molecule has 1 atom stereocenters. The number of hydrogen-bond donors (Lipinski definition) is 1. The maximum absolute atomic E-state index is 13.1. The van der Waals surface area contributed by atoms with Crippen LogP contribution in [0, 0.1) is 10.1 Å². The molecule has 2 aromatic rings. The molecular weight excluding hydrogens is 464 g/mol. The number of dihydropyridines is 1. The molecule has 0 radical (unpaired) electrons. The number of hydrogen-bond acceptors (Lipinski definition) is 8. The SMILES string of the molecule is COC(=O)C1=C(C)NC(C)=C(C(=O)OCCOc2ccccc2Cl)C1c1cccc([N+](=O)[O-])c1. The van der Waals surface area contributed by atoms with E-state index < -0.39 is 22.8 Å². The first-order valence-electron chi connectivity index (χ1n) is 10.3. The Morgan fingerprint density at radius 3 is 2.35 bits per heavy atom. The van der Waals surface area contributed by atoms with Gasteiger partial charge < -0.3 is 19.5 Å². The van der Waals surface area contributed by atoms with Gasteiger partial charge in [-0.3, -0.25) is 10.1 Å². The molecule has 1 heterocycles. The second-order valence-corrected chi connectivity index (χ2v) is 7.80. The van der Waals surface area contributed by atoms with E-state index in [0.717, 1.165) is 0 Å². The Labute approximate surface area is 201 Å². The predicted octanol–water partition coefficient (Wildman–Crippen LogP) is 4.28. The highest BCUT2D eigenvalue weighted by Gasteiger charge is 2.38. The molecule has 9 nitrogen and oxygen atoms in total. The molecule has 0 aromatic heterocycles.